The van der Waals surface area contributed by atoms with E-state index >= 15 is 0 Å². The number of benzene rings is 1. The first-order valence-electron chi connectivity index (χ1n) is 8.15. The van der Waals surface area contributed by atoms with Crippen molar-refractivity contribution in [2.45, 2.75) is 44.6 Å². The molecule has 1 aromatic carbocycles. The van der Waals surface area contributed by atoms with Crippen molar-refractivity contribution in [1.29, 1.82) is 0 Å². The lowest BCUT2D eigenvalue weighted by molar-refractivity contribution is -0.120. The maximum absolute atomic E-state index is 12.0. The van der Waals surface area contributed by atoms with Gasteiger partial charge in [-0.05, 0) is 31.0 Å². The van der Waals surface area contributed by atoms with E-state index in [4.69, 9.17) is 11.6 Å². The van der Waals surface area contributed by atoms with Gasteiger partial charge in [0.2, 0.25) is 5.91 Å². The standard InChI is InChI=1S/C17H24ClN3O2/c1-19-17(23)14-9-8-13(10-15(14)18)20-11-16(22)21-12-6-4-2-3-5-7-12/h8-10,12,20H,2-7,11H2,1H3,(H,19,23)(H,21,22). The predicted octanol–water partition coefficient (Wildman–Crippen LogP) is 2.95. The highest BCUT2D eigenvalue weighted by molar-refractivity contribution is 6.34. The van der Waals surface area contributed by atoms with E-state index in [2.05, 4.69) is 16.0 Å². The summed E-state index contributed by atoms with van der Waals surface area (Å²) in [7, 11) is 1.56. The van der Waals surface area contributed by atoms with Crippen LogP contribution in [0, 0.1) is 0 Å². The van der Waals surface area contributed by atoms with Gasteiger partial charge in [0.15, 0.2) is 0 Å². The van der Waals surface area contributed by atoms with Crippen molar-refractivity contribution >= 4 is 29.1 Å². The van der Waals surface area contributed by atoms with Crippen LogP contribution in [0.25, 0.3) is 0 Å². The lowest BCUT2D eigenvalue weighted by Crippen LogP contribution is -2.38. The van der Waals surface area contributed by atoms with Crippen LogP contribution in [0.4, 0.5) is 5.69 Å². The molecule has 6 heteroatoms. The van der Waals surface area contributed by atoms with Crippen molar-refractivity contribution in [2.24, 2.45) is 0 Å². The Labute approximate surface area is 142 Å². The monoisotopic (exact) mass is 337 g/mol. The highest BCUT2D eigenvalue weighted by Crippen LogP contribution is 2.21. The molecule has 0 aromatic heterocycles. The van der Waals surface area contributed by atoms with Crippen LogP contribution < -0.4 is 16.0 Å². The van der Waals surface area contributed by atoms with Gasteiger partial charge in [0, 0.05) is 18.8 Å². The Morgan fingerprint density at radius 3 is 2.48 bits per heavy atom. The number of halogens is 1. The second kappa shape index (κ2) is 8.77. The molecule has 1 fully saturated rings. The van der Waals surface area contributed by atoms with E-state index < -0.39 is 0 Å². The Kier molecular flexibility index (Phi) is 6.71. The van der Waals surface area contributed by atoms with Crippen molar-refractivity contribution in [3.05, 3.63) is 28.8 Å². The molecule has 0 spiro atoms. The van der Waals surface area contributed by atoms with Crippen molar-refractivity contribution < 1.29 is 9.59 Å². The number of nitrogens with one attached hydrogen (secondary N) is 3. The maximum atomic E-state index is 12.0. The third-order valence-electron chi connectivity index (χ3n) is 4.11. The van der Waals surface area contributed by atoms with E-state index in [1.54, 1.807) is 25.2 Å². The number of rotatable bonds is 5. The van der Waals surface area contributed by atoms with Crippen LogP contribution in [0.1, 0.15) is 48.9 Å². The smallest absolute Gasteiger partial charge is 0.252 e. The average Bonchev–Trinajstić information content (AvgIpc) is 2.81. The van der Waals surface area contributed by atoms with Crippen molar-refractivity contribution in [1.82, 2.24) is 10.6 Å². The first-order valence-corrected chi connectivity index (χ1v) is 8.53. The lowest BCUT2D eigenvalue weighted by Gasteiger charge is -2.16. The quantitative estimate of drug-likeness (QED) is 0.723. The van der Waals surface area contributed by atoms with Crippen molar-refractivity contribution in [2.75, 3.05) is 18.9 Å². The largest absolute Gasteiger partial charge is 0.376 e. The van der Waals surface area contributed by atoms with Crippen LogP contribution in [-0.4, -0.2) is 31.4 Å². The summed E-state index contributed by atoms with van der Waals surface area (Å²) >= 11 is 6.09. The van der Waals surface area contributed by atoms with Crippen LogP contribution >= 0.6 is 11.6 Å². The highest BCUT2D eigenvalue weighted by Gasteiger charge is 2.14. The molecule has 0 aliphatic heterocycles. The molecule has 5 nitrogen and oxygen atoms in total. The Balaban J connectivity index is 1.84. The topological polar surface area (TPSA) is 70.2 Å². The molecule has 0 atom stereocenters. The van der Waals surface area contributed by atoms with Gasteiger partial charge in [-0.15, -0.1) is 0 Å². The lowest BCUT2D eigenvalue weighted by atomic mass is 10.1. The highest BCUT2D eigenvalue weighted by atomic mass is 35.5. The molecule has 0 heterocycles. The number of hydrogen-bond donors (Lipinski definition) is 3. The minimum atomic E-state index is -0.229. The third kappa shape index (κ3) is 5.43. The maximum Gasteiger partial charge on any atom is 0.252 e. The second-order valence-corrected chi connectivity index (χ2v) is 6.29. The summed E-state index contributed by atoms with van der Waals surface area (Å²) in [4.78, 5) is 23.6. The zero-order valence-electron chi connectivity index (χ0n) is 13.5. The molecule has 1 aromatic rings. The molecule has 1 aliphatic carbocycles. The fourth-order valence-electron chi connectivity index (χ4n) is 2.83. The van der Waals surface area contributed by atoms with Crippen molar-refractivity contribution in [3.8, 4) is 0 Å². The molecule has 0 bridgehead atoms. The Hall–Kier alpha value is -1.75. The van der Waals surface area contributed by atoms with Gasteiger partial charge in [-0.1, -0.05) is 37.3 Å². The zero-order chi connectivity index (χ0) is 16.7. The van der Waals surface area contributed by atoms with E-state index in [-0.39, 0.29) is 18.4 Å². The first-order chi connectivity index (χ1) is 11.1. The van der Waals surface area contributed by atoms with E-state index in [1.165, 1.54) is 25.7 Å². The molecule has 0 radical (unpaired) electrons. The Bertz CT molecular complexity index is 555. The van der Waals surface area contributed by atoms with Crippen LogP contribution in [0.5, 0.6) is 0 Å². The molecular weight excluding hydrogens is 314 g/mol. The molecule has 2 amide bonds. The van der Waals surface area contributed by atoms with Gasteiger partial charge in [-0.3, -0.25) is 9.59 Å². The van der Waals surface area contributed by atoms with Crippen LogP contribution in [0.15, 0.2) is 18.2 Å². The van der Waals surface area contributed by atoms with E-state index in [0.29, 0.717) is 16.6 Å². The van der Waals surface area contributed by atoms with E-state index in [1.807, 2.05) is 0 Å². The third-order valence-corrected chi connectivity index (χ3v) is 4.43. The molecule has 0 unspecified atom stereocenters. The summed E-state index contributed by atoms with van der Waals surface area (Å²) < 4.78 is 0. The van der Waals surface area contributed by atoms with E-state index in [9.17, 15) is 9.59 Å². The molecule has 0 saturated heterocycles. The fourth-order valence-corrected chi connectivity index (χ4v) is 3.09. The number of amides is 2. The van der Waals surface area contributed by atoms with Crippen molar-refractivity contribution in [3.63, 3.8) is 0 Å². The van der Waals surface area contributed by atoms with Gasteiger partial charge in [0.1, 0.15) is 0 Å². The summed E-state index contributed by atoms with van der Waals surface area (Å²) in [5, 5.41) is 9.02. The molecule has 23 heavy (non-hydrogen) atoms. The molecule has 2 rings (SSSR count). The minimum Gasteiger partial charge on any atom is -0.376 e. The minimum absolute atomic E-state index is 0.0107. The van der Waals surface area contributed by atoms with Crippen LogP contribution in [0.2, 0.25) is 5.02 Å². The number of carbonyl (C=O) groups is 2. The SMILES string of the molecule is CNC(=O)c1ccc(NCC(=O)NC2CCCCCC2)cc1Cl. The molecule has 1 aliphatic rings. The van der Waals surface area contributed by atoms with Gasteiger partial charge in [0.05, 0.1) is 17.1 Å². The summed E-state index contributed by atoms with van der Waals surface area (Å²) in [5.74, 6) is -0.240. The summed E-state index contributed by atoms with van der Waals surface area (Å²) in [5.41, 5.74) is 1.14. The van der Waals surface area contributed by atoms with Gasteiger partial charge < -0.3 is 16.0 Å². The normalized spacial score (nSPS) is 15.6. The molecule has 126 valence electrons. The summed E-state index contributed by atoms with van der Waals surface area (Å²) in [6.07, 6.45) is 7.04. The predicted molar refractivity (Wildman–Crippen MR) is 93.0 cm³/mol. The van der Waals surface area contributed by atoms with Gasteiger partial charge in [-0.25, -0.2) is 0 Å². The summed E-state index contributed by atoms with van der Waals surface area (Å²) in [6.45, 7) is 0.201. The van der Waals surface area contributed by atoms with E-state index in [0.717, 1.165) is 18.5 Å². The summed E-state index contributed by atoms with van der Waals surface area (Å²) in [6, 6.07) is 5.35. The molecule has 3 N–H and O–H groups in total. The number of carbonyl (C=O) groups excluding carboxylic acids is 2. The zero-order valence-corrected chi connectivity index (χ0v) is 14.2. The second-order valence-electron chi connectivity index (χ2n) is 5.88. The van der Waals surface area contributed by atoms with Crippen LogP contribution in [-0.2, 0) is 4.79 Å². The fraction of sp³-hybridized carbons (Fsp3) is 0.529. The van der Waals surface area contributed by atoms with Gasteiger partial charge in [0.25, 0.3) is 5.91 Å². The van der Waals surface area contributed by atoms with Crippen LogP contribution in [0.3, 0.4) is 0 Å². The number of hydrogen-bond acceptors (Lipinski definition) is 3. The van der Waals surface area contributed by atoms with Gasteiger partial charge >= 0.3 is 0 Å². The molecule has 1 saturated carbocycles. The Morgan fingerprint density at radius 2 is 1.87 bits per heavy atom. The Morgan fingerprint density at radius 1 is 1.17 bits per heavy atom. The van der Waals surface area contributed by atoms with Gasteiger partial charge in [-0.2, -0.15) is 0 Å². The first kappa shape index (κ1) is 17.6. The number of anilines is 1. The molecular formula is C17H24ClN3O2. The average molecular weight is 338 g/mol.